The number of phenolic OH excluding ortho intramolecular Hbond substituents is 1. The quantitative estimate of drug-likeness (QED) is 0.805. The van der Waals surface area contributed by atoms with Crippen LogP contribution >= 0.6 is 11.6 Å². The van der Waals surface area contributed by atoms with Crippen LogP contribution in [0, 0.1) is 0 Å². The number of hydrogen-bond acceptors (Lipinski definition) is 2. The average Bonchev–Trinajstić information content (AvgIpc) is 2.68. The van der Waals surface area contributed by atoms with Gasteiger partial charge in [-0.05, 0) is 24.3 Å². The number of hydrogen-bond donors (Lipinski definition) is 2. The van der Waals surface area contributed by atoms with Gasteiger partial charge in [0.15, 0.2) is 0 Å². The number of nitrogens with one attached hydrogen (secondary N) is 1. The van der Waals surface area contributed by atoms with E-state index in [-0.39, 0.29) is 11.7 Å². The molecule has 0 aliphatic carbocycles. The highest BCUT2D eigenvalue weighted by Gasteiger charge is 2.11. The van der Waals surface area contributed by atoms with Crippen LogP contribution in [0.25, 0.3) is 0 Å². The van der Waals surface area contributed by atoms with Crippen LogP contribution in [0.1, 0.15) is 10.5 Å². The molecule has 2 aromatic rings. The number of amides is 1. The number of aromatic hydroxyl groups is 1. The second-order valence-corrected chi connectivity index (χ2v) is 4.03. The maximum absolute atomic E-state index is 11.9. The zero-order valence-corrected chi connectivity index (χ0v) is 9.90. The van der Waals surface area contributed by atoms with E-state index >= 15 is 0 Å². The van der Waals surface area contributed by atoms with Gasteiger partial charge in [-0.15, -0.1) is 0 Å². The molecule has 1 aromatic heterocycles. The van der Waals surface area contributed by atoms with Gasteiger partial charge in [-0.3, -0.25) is 4.79 Å². The van der Waals surface area contributed by atoms with Crippen LogP contribution in [-0.4, -0.2) is 15.6 Å². The molecule has 1 heterocycles. The Labute approximate surface area is 103 Å². The molecule has 2 N–H and O–H groups in total. The summed E-state index contributed by atoms with van der Waals surface area (Å²) in [5.74, 6) is -0.183. The van der Waals surface area contributed by atoms with E-state index < -0.39 is 0 Å². The summed E-state index contributed by atoms with van der Waals surface area (Å²) in [7, 11) is 1.79. The molecule has 0 aliphatic heterocycles. The van der Waals surface area contributed by atoms with Crippen molar-refractivity contribution in [2.45, 2.75) is 0 Å². The van der Waals surface area contributed by atoms with E-state index in [0.717, 1.165) is 0 Å². The van der Waals surface area contributed by atoms with Gasteiger partial charge in [0.2, 0.25) is 0 Å². The van der Waals surface area contributed by atoms with Gasteiger partial charge in [0, 0.05) is 19.3 Å². The van der Waals surface area contributed by atoms with Gasteiger partial charge in [0.05, 0.1) is 10.7 Å². The van der Waals surface area contributed by atoms with Crippen molar-refractivity contribution in [2.24, 2.45) is 7.05 Å². The van der Waals surface area contributed by atoms with E-state index in [2.05, 4.69) is 5.32 Å². The number of anilines is 1. The molecule has 17 heavy (non-hydrogen) atoms. The molecule has 0 aliphatic rings. The number of carbonyl (C=O) groups excluding carboxylic acids is 1. The Morgan fingerprint density at radius 3 is 2.76 bits per heavy atom. The summed E-state index contributed by atoms with van der Waals surface area (Å²) in [5.41, 5.74) is 1.00. The Morgan fingerprint density at radius 2 is 2.18 bits per heavy atom. The molecule has 5 heteroatoms. The Hall–Kier alpha value is -1.94. The second-order valence-electron chi connectivity index (χ2n) is 3.62. The van der Waals surface area contributed by atoms with Crippen LogP contribution < -0.4 is 5.32 Å². The van der Waals surface area contributed by atoms with Crippen molar-refractivity contribution in [3.05, 3.63) is 47.2 Å². The molecule has 0 spiro atoms. The minimum atomic E-state index is -0.245. The highest BCUT2D eigenvalue weighted by molar-refractivity contribution is 6.34. The molecule has 1 aromatic carbocycles. The van der Waals surface area contributed by atoms with Gasteiger partial charge in [-0.2, -0.15) is 0 Å². The average molecular weight is 251 g/mol. The van der Waals surface area contributed by atoms with Crippen LogP contribution in [0.2, 0.25) is 5.02 Å². The SMILES string of the molecule is Cn1cccc1C(=O)Nc1ccc(O)cc1Cl. The fourth-order valence-corrected chi connectivity index (χ4v) is 1.71. The smallest absolute Gasteiger partial charge is 0.272 e. The summed E-state index contributed by atoms with van der Waals surface area (Å²) in [5, 5.41) is 12.2. The Kier molecular flexibility index (Phi) is 3.06. The predicted molar refractivity (Wildman–Crippen MR) is 66.5 cm³/mol. The van der Waals surface area contributed by atoms with Crippen molar-refractivity contribution in [1.29, 1.82) is 0 Å². The van der Waals surface area contributed by atoms with Crippen molar-refractivity contribution in [3.8, 4) is 5.75 Å². The van der Waals surface area contributed by atoms with Gasteiger partial charge < -0.3 is 15.0 Å². The van der Waals surface area contributed by atoms with Crippen molar-refractivity contribution in [2.75, 3.05) is 5.32 Å². The molecular formula is C12H11ClN2O2. The normalized spacial score (nSPS) is 10.2. The zero-order valence-electron chi connectivity index (χ0n) is 9.14. The standard InChI is InChI=1S/C12H11ClN2O2/c1-15-6-2-3-11(15)12(17)14-10-5-4-8(16)7-9(10)13/h2-7,16H,1H3,(H,14,17). The monoisotopic (exact) mass is 250 g/mol. The topological polar surface area (TPSA) is 54.3 Å². The number of benzene rings is 1. The molecule has 0 unspecified atom stereocenters. The van der Waals surface area contributed by atoms with E-state index in [9.17, 15) is 9.90 Å². The first-order valence-corrected chi connectivity index (χ1v) is 5.37. The minimum Gasteiger partial charge on any atom is -0.508 e. The summed E-state index contributed by atoms with van der Waals surface area (Å²) >= 11 is 5.89. The first kappa shape index (κ1) is 11.5. The molecule has 0 radical (unpaired) electrons. The fraction of sp³-hybridized carbons (Fsp3) is 0.0833. The Morgan fingerprint density at radius 1 is 1.41 bits per heavy atom. The third-order valence-corrected chi connectivity index (χ3v) is 2.69. The lowest BCUT2D eigenvalue weighted by Gasteiger charge is -2.08. The maximum atomic E-state index is 11.9. The number of halogens is 1. The lowest BCUT2D eigenvalue weighted by molar-refractivity contribution is 0.101. The molecule has 88 valence electrons. The molecule has 2 rings (SSSR count). The molecule has 0 fully saturated rings. The van der Waals surface area contributed by atoms with Gasteiger partial charge in [0.25, 0.3) is 5.91 Å². The van der Waals surface area contributed by atoms with E-state index in [1.165, 1.54) is 12.1 Å². The summed E-state index contributed by atoms with van der Waals surface area (Å²) in [4.78, 5) is 11.9. The van der Waals surface area contributed by atoms with Crippen LogP contribution in [0.15, 0.2) is 36.5 Å². The third-order valence-electron chi connectivity index (χ3n) is 2.38. The molecule has 0 saturated carbocycles. The van der Waals surface area contributed by atoms with Crippen LogP contribution in [-0.2, 0) is 7.05 Å². The molecule has 1 amide bonds. The van der Waals surface area contributed by atoms with Crippen LogP contribution in [0.4, 0.5) is 5.69 Å². The van der Waals surface area contributed by atoms with E-state index in [0.29, 0.717) is 16.4 Å². The maximum Gasteiger partial charge on any atom is 0.272 e. The third kappa shape index (κ3) is 2.42. The van der Waals surface area contributed by atoms with Crippen molar-refractivity contribution in [1.82, 2.24) is 4.57 Å². The van der Waals surface area contributed by atoms with Crippen LogP contribution in [0.3, 0.4) is 0 Å². The summed E-state index contributed by atoms with van der Waals surface area (Å²) in [6.45, 7) is 0. The van der Waals surface area contributed by atoms with Gasteiger partial charge >= 0.3 is 0 Å². The first-order valence-electron chi connectivity index (χ1n) is 4.99. The van der Waals surface area contributed by atoms with Gasteiger partial charge in [-0.1, -0.05) is 11.6 Å². The lowest BCUT2D eigenvalue weighted by atomic mass is 10.3. The number of nitrogens with zero attached hydrogens (tertiary/aromatic N) is 1. The van der Waals surface area contributed by atoms with Gasteiger partial charge in [-0.25, -0.2) is 0 Å². The predicted octanol–water partition coefficient (Wildman–Crippen LogP) is 2.64. The molecular weight excluding hydrogens is 240 g/mol. The number of rotatable bonds is 2. The van der Waals surface area contributed by atoms with Crippen molar-refractivity contribution >= 4 is 23.2 Å². The molecule has 4 nitrogen and oxygen atoms in total. The van der Waals surface area contributed by atoms with E-state index in [1.807, 2.05) is 0 Å². The largest absolute Gasteiger partial charge is 0.508 e. The summed E-state index contributed by atoms with van der Waals surface area (Å²) in [6.07, 6.45) is 1.79. The summed E-state index contributed by atoms with van der Waals surface area (Å²) in [6, 6.07) is 7.89. The number of phenols is 1. The number of aromatic nitrogens is 1. The molecule has 0 bridgehead atoms. The first-order chi connectivity index (χ1) is 8.08. The number of aryl methyl sites for hydroxylation is 1. The minimum absolute atomic E-state index is 0.0619. The fourth-order valence-electron chi connectivity index (χ4n) is 1.49. The lowest BCUT2D eigenvalue weighted by Crippen LogP contribution is -2.15. The van der Waals surface area contributed by atoms with Crippen molar-refractivity contribution in [3.63, 3.8) is 0 Å². The Balaban J connectivity index is 2.22. The van der Waals surface area contributed by atoms with Crippen molar-refractivity contribution < 1.29 is 9.90 Å². The molecule has 0 atom stereocenters. The highest BCUT2D eigenvalue weighted by Crippen LogP contribution is 2.26. The second kappa shape index (κ2) is 4.51. The Bertz CT molecular complexity index is 563. The van der Waals surface area contributed by atoms with Crippen LogP contribution in [0.5, 0.6) is 5.75 Å². The highest BCUT2D eigenvalue weighted by atomic mass is 35.5. The zero-order chi connectivity index (χ0) is 12.4. The van der Waals surface area contributed by atoms with E-state index in [4.69, 9.17) is 11.6 Å². The number of carbonyl (C=O) groups is 1. The summed E-state index contributed by atoms with van der Waals surface area (Å²) < 4.78 is 1.71. The van der Waals surface area contributed by atoms with E-state index in [1.54, 1.807) is 36.0 Å². The van der Waals surface area contributed by atoms with Gasteiger partial charge in [0.1, 0.15) is 11.4 Å². The molecule has 0 saturated heterocycles.